The van der Waals surface area contributed by atoms with Gasteiger partial charge in [-0.25, -0.2) is 17.6 Å². The van der Waals surface area contributed by atoms with Crippen LogP contribution in [0.1, 0.15) is 17.3 Å². The molecule has 0 bridgehead atoms. The molecule has 1 rings (SSSR count). The summed E-state index contributed by atoms with van der Waals surface area (Å²) >= 11 is 0. The zero-order chi connectivity index (χ0) is 15.5. The number of carbonyl (C=O) groups is 2. The lowest BCUT2D eigenvalue weighted by Crippen LogP contribution is -2.43. The van der Waals surface area contributed by atoms with Gasteiger partial charge in [0.1, 0.15) is 10.7 Å². The van der Waals surface area contributed by atoms with Crippen LogP contribution in [0.5, 0.6) is 0 Å². The van der Waals surface area contributed by atoms with Gasteiger partial charge in [0.15, 0.2) is 0 Å². The molecule has 0 aliphatic carbocycles. The lowest BCUT2D eigenvalue weighted by atomic mass is 10.2. The summed E-state index contributed by atoms with van der Waals surface area (Å²) in [5.41, 5.74) is -0.374. The van der Waals surface area contributed by atoms with E-state index in [1.165, 1.54) is 14.0 Å². The number of aromatic carboxylic acids is 1. The summed E-state index contributed by atoms with van der Waals surface area (Å²) in [6, 6.07) is 1.30. The number of carbonyl (C=O) groups excluding carboxylic acids is 1. The molecule has 0 aliphatic rings. The number of likely N-dealkylation sites (N-methyl/N-ethyl adjacent to an activating group) is 1. The van der Waals surface area contributed by atoms with E-state index in [0.29, 0.717) is 6.07 Å². The molecule has 7 nitrogen and oxygen atoms in total. The van der Waals surface area contributed by atoms with Gasteiger partial charge >= 0.3 is 5.97 Å². The van der Waals surface area contributed by atoms with E-state index in [9.17, 15) is 22.4 Å². The van der Waals surface area contributed by atoms with Crippen molar-refractivity contribution in [3.63, 3.8) is 0 Å². The van der Waals surface area contributed by atoms with Crippen molar-refractivity contribution in [1.29, 1.82) is 0 Å². The van der Waals surface area contributed by atoms with Crippen LogP contribution in [0.2, 0.25) is 0 Å². The van der Waals surface area contributed by atoms with Gasteiger partial charge in [0.2, 0.25) is 15.9 Å². The summed E-state index contributed by atoms with van der Waals surface area (Å²) in [6.07, 6.45) is 0. The molecule has 9 heteroatoms. The lowest BCUT2D eigenvalue weighted by Gasteiger charge is -2.13. The van der Waals surface area contributed by atoms with E-state index in [-0.39, 0.29) is 5.56 Å². The number of hydrogen-bond acceptors (Lipinski definition) is 4. The van der Waals surface area contributed by atoms with Crippen LogP contribution in [0.3, 0.4) is 0 Å². The van der Waals surface area contributed by atoms with Crippen LogP contribution >= 0.6 is 0 Å². The number of carboxylic acids is 1. The molecule has 110 valence electrons. The minimum absolute atomic E-state index is 0.374. The first kappa shape index (κ1) is 16.1. The standard InChI is InChI=1S/C11H13FN2O5S/c1-6(10(15)13-2)14-20(18,19)9-4-3-7(11(16)17)5-8(9)12/h3-6,14H,1-2H3,(H,13,15)(H,16,17). The van der Waals surface area contributed by atoms with E-state index in [1.807, 2.05) is 4.72 Å². The van der Waals surface area contributed by atoms with E-state index in [1.54, 1.807) is 0 Å². The fourth-order valence-electron chi connectivity index (χ4n) is 1.42. The Labute approximate surface area is 114 Å². The zero-order valence-corrected chi connectivity index (χ0v) is 11.5. The molecule has 0 spiro atoms. The number of hydrogen-bond donors (Lipinski definition) is 3. The number of carboxylic acid groups (broad SMARTS) is 1. The smallest absolute Gasteiger partial charge is 0.335 e. The number of halogens is 1. The van der Waals surface area contributed by atoms with Gasteiger partial charge < -0.3 is 10.4 Å². The second-order valence-corrected chi connectivity index (χ2v) is 5.59. The van der Waals surface area contributed by atoms with Gasteiger partial charge in [0.25, 0.3) is 0 Å². The van der Waals surface area contributed by atoms with Gasteiger partial charge in [0.05, 0.1) is 11.6 Å². The number of nitrogens with one attached hydrogen (secondary N) is 2. The van der Waals surface area contributed by atoms with Gasteiger partial charge in [-0.1, -0.05) is 0 Å². The molecular weight excluding hydrogens is 291 g/mol. The van der Waals surface area contributed by atoms with Gasteiger partial charge in [-0.15, -0.1) is 0 Å². The highest BCUT2D eigenvalue weighted by molar-refractivity contribution is 7.89. The minimum Gasteiger partial charge on any atom is -0.478 e. The first-order valence-corrected chi connectivity index (χ1v) is 6.94. The highest BCUT2D eigenvalue weighted by Crippen LogP contribution is 2.16. The van der Waals surface area contributed by atoms with E-state index in [4.69, 9.17) is 5.11 Å². The Balaban J connectivity index is 3.10. The molecular formula is C11H13FN2O5S. The Kier molecular flexibility index (Phi) is 4.79. The molecule has 3 N–H and O–H groups in total. The van der Waals surface area contributed by atoms with Crippen molar-refractivity contribution in [1.82, 2.24) is 10.0 Å². The Morgan fingerprint density at radius 2 is 1.95 bits per heavy atom. The number of benzene rings is 1. The van der Waals surface area contributed by atoms with Crippen LogP contribution in [0.4, 0.5) is 4.39 Å². The van der Waals surface area contributed by atoms with E-state index in [2.05, 4.69) is 5.32 Å². The average Bonchev–Trinajstić information content (AvgIpc) is 2.36. The molecule has 1 atom stereocenters. The van der Waals surface area contributed by atoms with Gasteiger partial charge in [-0.2, -0.15) is 4.72 Å². The quantitative estimate of drug-likeness (QED) is 0.705. The fraction of sp³-hybridized carbons (Fsp3) is 0.273. The summed E-state index contributed by atoms with van der Waals surface area (Å²) in [4.78, 5) is 21.2. The fourth-order valence-corrected chi connectivity index (χ4v) is 2.68. The first-order valence-electron chi connectivity index (χ1n) is 5.46. The van der Waals surface area contributed by atoms with Crippen molar-refractivity contribution in [3.05, 3.63) is 29.6 Å². The van der Waals surface area contributed by atoms with Crippen molar-refractivity contribution in [2.75, 3.05) is 7.05 Å². The topological polar surface area (TPSA) is 113 Å². The summed E-state index contributed by atoms with van der Waals surface area (Å²) < 4.78 is 39.4. The second kappa shape index (κ2) is 5.97. The van der Waals surface area contributed by atoms with Crippen molar-refractivity contribution < 1.29 is 27.5 Å². The monoisotopic (exact) mass is 304 g/mol. The molecule has 1 unspecified atom stereocenters. The van der Waals surface area contributed by atoms with Crippen molar-refractivity contribution in [2.24, 2.45) is 0 Å². The van der Waals surface area contributed by atoms with Crippen LogP contribution < -0.4 is 10.0 Å². The third-order valence-corrected chi connectivity index (χ3v) is 4.01. The van der Waals surface area contributed by atoms with Crippen molar-refractivity contribution in [2.45, 2.75) is 17.9 Å². The first-order chi connectivity index (χ1) is 9.19. The normalized spacial score (nSPS) is 12.8. The largest absolute Gasteiger partial charge is 0.478 e. The molecule has 1 amide bonds. The maximum atomic E-state index is 13.7. The summed E-state index contributed by atoms with van der Waals surface area (Å²) in [7, 11) is -2.94. The lowest BCUT2D eigenvalue weighted by molar-refractivity contribution is -0.121. The third-order valence-electron chi connectivity index (χ3n) is 2.44. The Hall–Kier alpha value is -2.00. The van der Waals surface area contributed by atoms with Gasteiger partial charge in [-0.3, -0.25) is 4.79 Å². The summed E-state index contributed by atoms with van der Waals surface area (Å²) in [5, 5.41) is 10.9. The molecule has 0 saturated heterocycles. The molecule has 0 radical (unpaired) electrons. The maximum Gasteiger partial charge on any atom is 0.335 e. The van der Waals surface area contributed by atoms with E-state index < -0.39 is 38.7 Å². The molecule has 0 fully saturated rings. The van der Waals surface area contributed by atoms with Crippen LogP contribution in [-0.2, 0) is 14.8 Å². The van der Waals surface area contributed by atoms with Crippen molar-refractivity contribution in [3.8, 4) is 0 Å². The molecule has 1 aromatic carbocycles. The number of rotatable bonds is 5. The Morgan fingerprint density at radius 3 is 2.40 bits per heavy atom. The predicted octanol–water partition coefficient (Wildman–Crippen LogP) is -0.0633. The minimum atomic E-state index is -4.27. The molecule has 20 heavy (non-hydrogen) atoms. The summed E-state index contributed by atoms with van der Waals surface area (Å²) in [5.74, 6) is -3.17. The SMILES string of the molecule is CNC(=O)C(C)NS(=O)(=O)c1ccc(C(=O)O)cc1F. The average molecular weight is 304 g/mol. The third kappa shape index (κ3) is 3.52. The van der Waals surface area contributed by atoms with Crippen LogP contribution in [-0.4, -0.2) is 38.5 Å². The Morgan fingerprint density at radius 1 is 1.35 bits per heavy atom. The Bertz CT molecular complexity index is 644. The molecule has 0 aliphatic heterocycles. The second-order valence-electron chi connectivity index (χ2n) is 3.91. The molecule has 0 heterocycles. The van der Waals surface area contributed by atoms with Gasteiger partial charge in [0, 0.05) is 7.05 Å². The van der Waals surface area contributed by atoms with E-state index in [0.717, 1.165) is 12.1 Å². The maximum absolute atomic E-state index is 13.7. The summed E-state index contributed by atoms with van der Waals surface area (Å²) in [6.45, 7) is 1.29. The van der Waals surface area contributed by atoms with Crippen molar-refractivity contribution >= 4 is 21.9 Å². The predicted molar refractivity (Wildman–Crippen MR) is 67.2 cm³/mol. The number of amides is 1. The van der Waals surface area contributed by atoms with Gasteiger partial charge in [-0.05, 0) is 25.1 Å². The van der Waals surface area contributed by atoms with E-state index >= 15 is 0 Å². The zero-order valence-electron chi connectivity index (χ0n) is 10.7. The highest BCUT2D eigenvalue weighted by Gasteiger charge is 2.24. The molecule has 0 saturated carbocycles. The highest BCUT2D eigenvalue weighted by atomic mass is 32.2. The molecule has 0 aromatic heterocycles. The molecule has 1 aromatic rings. The number of sulfonamides is 1. The van der Waals surface area contributed by atoms with Crippen LogP contribution in [0.25, 0.3) is 0 Å². The van der Waals surface area contributed by atoms with Crippen LogP contribution in [0, 0.1) is 5.82 Å². The van der Waals surface area contributed by atoms with Crippen LogP contribution in [0.15, 0.2) is 23.1 Å².